The quantitative estimate of drug-likeness (QED) is 0.329. The summed E-state index contributed by atoms with van der Waals surface area (Å²) in [6.07, 6.45) is 1.95. The van der Waals surface area contributed by atoms with Gasteiger partial charge in [-0.25, -0.2) is 9.97 Å². The van der Waals surface area contributed by atoms with Gasteiger partial charge in [0.1, 0.15) is 0 Å². The van der Waals surface area contributed by atoms with Gasteiger partial charge in [-0.15, -0.1) is 0 Å². The van der Waals surface area contributed by atoms with E-state index in [4.69, 9.17) is 26.7 Å². The first kappa shape index (κ1) is 23.0. The monoisotopic (exact) mass is 485 g/mol. The Hall–Kier alpha value is -3.77. The highest BCUT2D eigenvalue weighted by Crippen LogP contribution is 2.28. The molecule has 176 valence electrons. The van der Waals surface area contributed by atoms with Crippen LogP contribution in [-0.2, 0) is 24.3 Å². The van der Waals surface area contributed by atoms with Gasteiger partial charge in [-0.1, -0.05) is 48.0 Å². The van der Waals surface area contributed by atoms with Crippen LogP contribution in [0, 0.1) is 0 Å². The Morgan fingerprint density at radius 2 is 1.60 bits per heavy atom. The third kappa shape index (κ3) is 5.03. The highest BCUT2D eigenvalue weighted by atomic mass is 35.5. The number of halogens is 1. The molecule has 3 aromatic carbocycles. The molecule has 5 rings (SSSR count). The van der Waals surface area contributed by atoms with Gasteiger partial charge < -0.3 is 10.0 Å². The molecule has 0 aliphatic carbocycles. The van der Waals surface area contributed by atoms with Crippen molar-refractivity contribution in [3.8, 4) is 11.3 Å². The zero-order valence-electron chi connectivity index (χ0n) is 19.1. The van der Waals surface area contributed by atoms with E-state index in [1.165, 1.54) is 11.1 Å². The lowest BCUT2D eigenvalue weighted by molar-refractivity contribution is -0.137. The average molecular weight is 486 g/mol. The average Bonchev–Trinajstić information content (AvgIpc) is 3.30. The summed E-state index contributed by atoms with van der Waals surface area (Å²) in [6.45, 7) is 1.20. The van der Waals surface area contributed by atoms with E-state index in [2.05, 4.69) is 12.1 Å². The van der Waals surface area contributed by atoms with Gasteiger partial charge in [0, 0.05) is 35.7 Å². The molecule has 0 unspecified atom stereocenters. The molecule has 0 saturated carbocycles. The van der Waals surface area contributed by atoms with Crippen molar-refractivity contribution >= 4 is 34.5 Å². The number of fused-ring (bicyclic) bond motifs is 2. The summed E-state index contributed by atoms with van der Waals surface area (Å²) in [5.41, 5.74) is 6.71. The van der Waals surface area contributed by atoms with Crippen LogP contribution < -0.4 is 0 Å². The van der Waals surface area contributed by atoms with E-state index in [1.807, 2.05) is 47.4 Å². The summed E-state index contributed by atoms with van der Waals surface area (Å²) < 4.78 is 0. The maximum absolute atomic E-state index is 13.2. The maximum atomic E-state index is 13.2. The van der Waals surface area contributed by atoms with Crippen LogP contribution in [0.5, 0.6) is 0 Å². The van der Waals surface area contributed by atoms with Crippen molar-refractivity contribution in [2.24, 2.45) is 0 Å². The number of amides is 1. The molecule has 1 amide bonds. The highest BCUT2D eigenvalue weighted by Gasteiger charge is 2.24. The molecule has 6 nitrogen and oxygen atoms in total. The lowest BCUT2D eigenvalue weighted by Crippen LogP contribution is -2.25. The van der Waals surface area contributed by atoms with Crippen LogP contribution in [0.1, 0.15) is 46.4 Å². The SMILES string of the molecule is O=C(O)CCCCc1nc2cc(C(=O)N3Cc4ccccc4C3)ccc2nc1-c1ccc(Cl)cc1. The summed E-state index contributed by atoms with van der Waals surface area (Å²) >= 11 is 6.07. The van der Waals surface area contributed by atoms with Gasteiger partial charge in [-0.3, -0.25) is 9.59 Å². The summed E-state index contributed by atoms with van der Waals surface area (Å²) in [6, 6.07) is 21.0. The number of unbranched alkanes of at least 4 members (excludes halogenated alkanes) is 1. The summed E-state index contributed by atoms with van der Waals surface area (Å²) in [7, 11) is 0. The summed E-state index contributed by atoms with van der Waals surface area (Å²) in [4.78, 5) is 35.8. The predicted molar refractivity (Wildman–Crippen MR) is 135 cm³/mol. The molecule has 1 aliphatic heterocycles. The molecule has 0 saturated heterocycles. The second-order valence-corrected chi connectivity index (χ2v) is 9.20. The van der Waals surface area contributed by atoms with Crippen LogP contribution in [0.4, 0.5) is 0 Å². The fraction of sp³-hybridized carbons (Fsp3) is 0.214. The van der Waals surface area contributed by atoms with E-state index in [9.17, 15) is 9.59 Å². The minimum Gasteiger partial charge on any atom is -0.481 e. The molecule has 0 radical (unpaired) electrons. The van der Waals surface area contributed by atoms with Gasteiger partial charge in [0.25, 0.3) is 5.91 Å². The smallest absolute Gasteiger partial charge is 0.303 e. The largest absolute Gasteiger partial charge is 0.481 e. The van der Waals surface area contributed by atoms with Crippen LogP contribution in [0.25, 0.3) is 22.3 Å². The Morgan fingerprint density at radius 3 is 2.29 bits per heavy atom. The van der Waals surface area contributed by atoms with Gasteiger partial charge in [0.2, 0.25) is 0 Å². The molecular formula is C28H24ClN3O3. The Labute approximate surface area is 208 Å². The van der Waals surface area contributed by atoms with Gasteiger partial charge in [0.15, 0.2) is 0 Å². The van der Waals surface area contributed by atoms with Crippen molar-refractivity contribution in [2.75, 3.05) is 0 Å². The number of aliphatic carboxylic acids is 1. The Morgan fingerprint density at radius 1 is 0.886 bits per heavy atom. The molecule has 4 aromatic rings. The van der Waals surface area contributed by atoms with E-state index in [1.54, 1.807) is 12.1 Å². The lowest BCUT2D eigenvalue weighted by Gasteiger charge is -2.16. The van der Waals surface area contributed by atoms with Crippen molar-refractivity contribution in [3.05, 3.63) is 94.1 Å². The minimum atomic E-state index is -0.806. The third-order valence-corrected chi connectivity index (χ3v) is 6.54. The number of hydrogen-bond donors (Lipinski definition) is 1. The fourth-order valence-corrected chi connectivity index (χ4v) is 4.59. The number of carbonyl (C=O) groups excluding carboxylic acids is 1. The van der Waals surface area contributed by atoms with Crippen LogP contribution in [0.2, 0.25) is 5.02 Å². The molecule has 1 N–H and O–H groups in total. The highest BCUT2D eigenvalue weighted by molar-refractivity contribution is 6.30. The number of rotatable bonds is 7. The molecule has 0 atom stereocenters. The molecule has 7 heteroatoms. The van der Waals surface area contributed by atoms with E-state index < -0.39 is 5.97 Å². The second-order valence-electron chi connectivity index (χ2n) is 8.76. The Bertz CT molecular complexity index is 1390. The molecule has 0 bridgehead atoms. The summed E-state index contributed by atoms with van der Waals surface area (Å²) in [5.74, 6) is -0.838. The molecular weight excluding hydrogens is 462 g/mol. The van der Waals surface area contributed by atoms with Gasteiger partial charge in [0.05, 0.1) is 22.4 Å². The van der Waals surface area contributed by atoms with E-state index in [-0.39, 0.29) is 12.3 Å². The number of aryl methyl sites for hydroxylation is 1. The van der Waals surface area contributed by atoms with Crippen molar-refractivity contribution in [3.63, 3.8) is 0 Å². The number of carboxylic acids is 1. The van der Waals surface area contributed by atoms with E-state index >= 15 is 0 Å². The zero-order chi connectivity index (χ0) is 24.4. The maximum Gasteiger partial charge on any atom is 0.303 e. The van der Waals surface area contributed by atoms with Crippen LogP contribution in [-0.4, -0.2) is 31.9 Å². The topological polar surface area (TPSA) is 83.4 Å². The third-order valence-electron chi connectivity index (χ3n) is 6.28. The van der Waals surface area contributed by atoms with Crippen molar-refractivity contribution < 1.29 is 14.7 Å². The standard InChI is InChI=1S/C28H24ClN3O3/c29-22-12-9-18(10-13-22)27-24(7-3-4-8-26(33)34)30-25-15-19(11-14-23(25)31-27)28(35)32-16-20-5-1-2-6-21(20)17-32/h1-2,5-6,9-15H,3-4,7-8,16-17H2,(H,33,34). The molecule has 1 aromatic heterocycles. The van der Waals surface area contributed by atoms with Crippen molar-refractivity contribution in [1.82, 2.24) is 14.9 Å². The van der Waals surface area contributed by atoms with Crippen LogP contribution >= 0.6 is 11.6 Å². The Kier molecular flexibility index (Phi) is 6.47. The van der Waals surface area contributed by atoms with Gasteiger partial charge in [-0.2, -0.15) is 0 Å². The van der Waals surface area contributed by atoms with Gasteiger partial charge in [-0.05, 0) is 60.7 Å². The minimum absolute atomic E-state index is 0.0327. The van der Waals surface area contributed by atoms with Crippen molar-refractivity contribution in [2.45, 2.75) is 38.8 Å². The van der Waals surface area contributed by atoms with E-state index in [0.29, 0.717) is 54.0 Å². The molecule has 0 fully saturated rings. The van der Waals surface area contributed by atoms with Gasteiger partial charge >= 0.3 is 5.97 Å². The normalized spacial score (nSPS) is 12.7. The number of carboxylic acid groups (broad SMARTS) is 1. The molecule has 35 heavy (non-hydrogen) atoms. The lowest BCUT2D eigenvalue weighted by atomic mass is 10.0. The number of nitrogens with zero attached hydrogens (tertiary/aromatic N) is 3. The number of carbonyl (C=O) groups is 2. The Balaban J connectivity index is 1.46. The van der Waals surface area contributed by atoms with E-state index in [0.717, 1.165) is 17.0 Å². The predicted octanol–water partition coefficient (Wildman–Crippen LogP) is 5.90. The molecule has 0 spiro atoms. The second kappa shape index (κ2) is 9.84. The number of hydrogen-bond acceptors (Lipinski definition) is 4. The zero-order valence-corrected chi connectivity index (χ0v) is 19.8. The van der Waals surface area contributed by atoms with Crippen LogP contribution in [0.3, 0.4) is 0 Å². The first-order valence-corrected chi connectivity index (χ1v) is 12.0. The number of aromatic nitrogens is 2. The molecule has 1 aliphatic rings. The number of benzene rings is 3. The summed E-state index contributed by atoms with van der Waals surface area (Å²) in [5, 5.41) is 9.60. The fourth-order valence-electron chi connectivity index (χ4n) is 4.47. The first-order chi connectivity index (χ1) is 17.0. The van der Waals surface area contributed by atoms with Crippen LogP contribution in [0.15, 0.2) is 66.7 Å². The first-order valence-electron chi connectivity index (χ1n) is 11.6. The molecule has 2 heterocycles. The van der Waals surface area contributed by atoms with Crippen molar-refractivity contribution in [1.29, 1.82) is 0 Å².